The molecule has 0 saturated carbocycles. The van der Waals surface area contributed by atoms with Gasteiger partial charge in [-0.05, 0) is 31.0 Å². The second-order valence-corrected chi connectivity index (χ2v) is 6.60. The molecule has 0 fully saturated rings. The molecule has 2 amide bonds. The Hall–Kier alpha value is -2.95. The summed E-state index contributed by atoms with van der Waals surface area (Å²) < 4.78 is 0. The Kier molecular flexibility index (Phi) is 5.16. The highest BCUT2D eigenvalue weighted by Gasteiger charge is 2.22. The number of hydrogen-bond acceptors (Lipinski definition) is 3. The SMILES string of the molecule is CC(=O)N1CCc2ccc(NC(=O)CCC(=O)c3ccc(C)cc3)cc21. The summed E-state index contributed by atoms with van der Waals surface area (Å²) in [5, 5.41) is 2.82. The average Bonchev–Trinajstić information content (AvgIpc) is 3.04. The molecule has 1 aliphatic heterocycles. The number of aryl methyl sites for hydroxylation is 1. The smallest absolute Gasteiger partial charge is 0.224 e. The van der Waals surface area contributed by atoms with E-state index >= 15 is 0 Å². The highest BCUT2D eigenvalue weighted by atomic mass is 16.2. The van der Waals surface area contributed by atoms with Gasteiger partial charge < -0.3 is 10.2 Å². The number of Topliss-reactive ketones (excluding diaryl/α,β-unsaturated/α-hetero) is 1. The maximum absolute atomic E-state index is 12.2. The monoisotopic (exact) mass is 350 g/mol. The Morgan fingerprint density at radius 2 is 1.77 bits per heavy atom. The van der Waals surface area contributed by atoms with Gasteiger partial charge in [0.25, 0.3) is 0 Å². The second kappa shape index (κ2) is 7.52. The van der Waals surface area contributed by atoms with Crippen molar-refractivity contribution < 1.29 is 14.4 Å². The summed E-state index contributed by atoms with van der Waals surface area (Å²) in [4.78, 5) is 37.7. The maximum Gasteiger partial charge on any atom is 0.224 e. The molecule has 1 heterocycles. The molecule has 0 spiro atoms. The zero-order chi connectivity index (χ0) is 18.7. The zero-order valence-electron chi connectivity index (χ0n) is 15.0. The molecule has 2 aromatic carbocycles. The van der Waals surface area contributed by atoms with Crippen LogP contribution in [0.25, 0.3) is 0 Å². The van der Waals surface area contributed by atoms with E-state index in [1.807, 2.05) is 37.3 Å². The highest BCUT2D eigenvalue weighted by molar-refractivity contribution is 6.00. The molecule has 26 heavy (non-hydrogen) atoms. The Labute approximate surface area is 153 Å². The van der Waals surface area contributed by atoms with E-state index < -0.39 is 0 Å². The highest BCUT2D eigenvalue weighted by Crippen LogP contribution is 2.31. The van der Waals surface area contributed by atoms with Crippen LogP contribution in [0.2, 0.25) is 0 Å². The van der Waals surface area contributed by atoms with Crippen LogP contribution in [0.5, 0.6) is 0 Å². The summed E-state index contributed by atoms with van der Waals surface area (Å²) in [5.74, 6) is -0.259. The molecule has 0 unspecified atom stereocenters. The van der Waals surface area contributed by atoms with Gasteiger partial charge in [-0.1, -0.05) is 35.9 Å². The van der Waals surface area contributed by atoms with E-state index in [0.717, 1.165) is 23.2 Å². The van der Waals surface area contributed by atoms with Gasteiger partial charge in [0, 0.05) is 43.2 Å². The Morgan fingerprint density at radius 3 is 2.46 bits per heavy atom. The number of rotatable bonds is 5. The van der Waals surface area contributed by atoms with E-state index in [-0.39, 0.29) is 30.4 Å². The van der Waals surface area contributed by atoms with Gasteiger partial charge in [0.15, 0.2) is 5.78 Å². The number of hydrogen-bond donors (Lipinski definition) is 1. The lowest BCUT2D eigenvalue weighted by Crippen LogP contribution is -2.25. The van der Waals surface area contributed by atoms with Crippen molar-refractivity contribution in [3.8, 4) is 0 Å². The van der Waals surface area contributed by atoms with Gasteiger partial charge in [-0.3, -0.25) is 14.4 Å². The lowest BCUT2D eigenvalue weighted by atomic mass is 10.0. The van der Waals surface area contributed by atoms with E-state index in [2.05, 4.69) is 5.32 Å². The number of carbonyl (C=O) groups excluding carboxylic acids is 3. The first-order chi connectivity index (χ1) is 12.4. The van der Waals surface area contributed by atoms with Crippen LogP contribution in [-0.2, 0) is 16.0 Å². The van der Waals surface area contributed by atoms with Crippen LogP contribution in [0.4, 0.5) is 11.4 Å². The third kappa shape index (κ3) is 3.99. The molecule has 0 aliphatic carbocycles. The van der Waals surface area contributed by atoms with E-state index in [9.17, 15) is 14.4 Å². The predicted molar refractivity (Wildman–Crippen MR) is 102 cm³/mol. The van der Waals surface area contributed by atoms with Gasteiger partial charge >= 0.3 is 0 Å². The molecule has 1 N–H and O–H groups in total. The summed E-state index contributed by atoms with van der Waals surface area (Å²) in [7, 11) is 0. The molecule has 0 atom stereocenters. The summed E-state index contributed by atoms with van der Waals surface area (Å²) in [6, 6.07) is 12.9. The fourth-order valence-corrected chi connectivity index (χ4v) is 3.12. The summed E-state index contributed by atoms with van der Waals surface area (Å²) >= 11 is 0. The molecule has 5 heteroatoms. The maximum atomic E-state index is 12.2. The molecule has 3 rings (SSSR count). The summed E-state index contributed by atoms with van der Waals surface area (Å²) in [5.41, 5.74) is 4.32. The average molecular weight is 350 g/mol. The lowest BCUT2D eigenvalue weighted by molar-refractivity contribution is -0.117. The van der Waals surface area contributed by atoms with Crippen LogP contribution in [0.3, 0.4) is 0 Å². The van der Waals surface area contributed by atoms with Gasteiger partial charge in [0.2, 0.25) is 11.8 Å². The van der Waals surface area contributed by atoms with Crippen LogP contribution >= 0.6 is 0 Å². The minimum Gasteiger partial charge on any atom is -0.326 e. The van der Waals surface area contributed by atoms with Gasteiger partial charge in [0.1, 0.15) is 0 Å². The van der Waals surface area contributed by atoms with E-state index in [4.69, 9.17) is 0 Å². The number of amides is 2. The topological polar surface area (TPSA) is 66.5 Å². The second-order valence-electron chi connectivity index (χ2n) is 6.60. The Morgan fingerprint density at radius 1 is 1.04 bits per heavy atom. The molecule has 2 aromatic rings. The van der Waals surface area contributed by atoms with Crippen LogP contribution in [0, 0.1) is 6.92 Å². The van der Waals surface area contributed by atoms with Crippen LogP contribution in [-0.4, -0.2) is 24.1 Å². The minimum atomic E-state index is -0.210. The van der Waals surface area contributed by atoms with Crippen molar-refractivity contribution in [3.05, 3.63) is 59.2 Å². The molecule has 0 aromatic heterocycles. The van der Waals surface area contributed by atoms with Crippen molar-refractivity contribution >= 4 is 29.0 Å². The molecular weight excluding hydrogens is 328 g/mol. The Bertz CT molecular complexity index is 856. The minimum absolute atomic E-state index is 0.00378. The summed E-state index contributed by atoms with van der Waals surface area (Å²) in [6.45, 7) is 4.18. The largest absolute Gasteiger partial charge is 0.326 e. The first-order valence-electron chi connectivity index (χ1n) is 8.75. The van der Waals surface area contributed by atoms with Crippen molar-refractivity contribution in [2.45, 2.75) is 33.1 Å². The molecule has 0 saturated heterocycles. The van der Waals surface area contributed by atoms with Gasteiger partial charge in [-0.15, -0.1) is 0 Å². The van der Waals surface area contributed by atoms with Gasteiger partial charge in [-0.2, -0.15) is 0 Å². The van der Waals surface area contributed by atoms with E-state index in [1.165, 1.54) is 6.92 Å². The number of nitrogens with zero attached hydrogens (tertiary/aromatic N) is 1. The first kappa shape index (κ1) is 17.9. The molecule has 0 bridgehead atoms. The number of benzene rings is 2. The van der Waals surface area contributed by atoms with Crippen molar-refractivity contribution in [1.82, 2.24) is 0 Å². The van der Waals surface area contributed by atoms with Gasteiger partial charge in [0.05, 0.1) is 0 Å². The third-order valence-electron chi connectivity index (χ3n) is 4.60. The quantitative estimate of drug-likeness (QED) is 0.839. The lowest BCUT2D eigenvalue weighted by Gasteiger charge is -2.15. The number of nitrogens with one attached hydrogen (secondary N) is 1. The normalized spacial score (nSPS) is 12.6. The number of carbonyl (C=O) groups is 3. The number of fused-ring (bicyclic) bond motifs is 1. The van der Waals surface area contributed by atoms with Crippen molar-refractivity contribution in [2.24, 2.45) is 0 Å². The first-order valence-corrected chi connectivity index (χ1v) is 8.75. The van der Waals surface area contributed by atoms with Crippen molar-refractivity contribution in [2.75, 3.05) is 16.8 Å². The predicted octanol–water partition coefficient (Wildman–Crippen LogP) is 3.51. The molecule has 0 radical (unpaired) electrons. The van der Waals surface area contributed by atoms with Crippen LogP contribution in [0.1, 0.15) is 41.3 Å². The fraction of sp³-hybridized carbons (Fsp3) is 0.286. The van der Waals surface area contributed by atoms with E-state index in [0.29, 0.717) is 17.8 Å². The zero-order valence-corrected chi connectivity index (χ0v) is 15.0. The molecule has 134 valence electrons. The van der Waals surface area contributed by atoms with E-state index in [1.54, 1.807) is 17.0 Å². The van der Waals surface area contributed by atoms with Crippen LogP contribution < -0.4 is 10.2 Å². The molecular formula is C21H22N2O3. The van der Waals surface area contributed by atoms with Crippen molar-refractivity contribution in [1.29, 1.82) is 0 Å². The molecule has 5 nitrogen and oxygen atoms in total. The van der Waals surface area contributed by atoms with Gasteiger partial charge in [-0.25, -0.2) is 0 Å². The Balaban J connectivity index is 1.59. The fourth-order valence-electron chi connectivity index (χ4n) is 3.12. The number of ketones is 1. The molecule has 1 aliphatic rings. The summed E-state index contributed by atoms with van der Waals surface area (Å²) in [6.07, 6.45) is 1.12. The number of anilines is 2. The van der Waals surface area contributed by atoms with Crippen LogP contribution in [0.15, 0.2) is 42.5 Å². The third-order valence-corrected chi connectivity index (χ3v) is 4.60. The standard InChI is InChI=1S/C21H22N2O3/c1-14-3-5-17(6-4-14)20(25)9-10-21(26)22-18-8-7-16-11-12-23(15(2)24)19(16)13-18/h3-8,13H,9-12H2,1-2H3,(H,22,26). The van der Waals surface area contributed by atoms with Crippen molar-refractivity contribution in [3.63, 3.8) is 0 Å².